The summed E-state index contributed by atoms with van der Waals surface area (Å²) >= 11 is 3.85. The van der Waals surface area contributed by atoms with Crippen LogP contribution in [0.5, 0.6) is 0 Å². The fourth-order valence-corrected chi connectivity index (χ4v) is 5.13. The first-order valence-electron chi connectivity index (χ1n) is 5.50. The number of carboxylic acid groups (broad SMARTS) is 1. The molecule has 0 aliphatic rings. The molecule has 0 unspecified atom stereocenters. The van der Waals surface area contributed by atoms with Gasteiger partial charge in [-0.3, -0.25) is 4.31 Å². The van der Waals surface area contributed by atoms with Crippen LogP contribution in [0.15, 0.2) is 39.0 Å². The van der Waals surface area contributed by atoms with Crippen molar-refractivity contribution in [3.63, 3.8) is 0 Å². The SMILES string of the molecule is CN(c1cccc(F)c1)S(=O)(=O)c1cc(C(=O)O)sc1Br. The van der Waals surface area contributed by atoms with Crippen molar-refractivity contribution in [1.82, 2.24) is 0 Å². The van der Waals surface area contributed by atoms with Gasteiger partial charge in [-0.05, 0) is 40.2 Å². The molecular weight excluding hydrogens is 385 g/mol. The summed E-state index contributed by atoms with van der Waals surface area (Å²) in [6, 6.07) is 6.19. The van der Waals surface area contributed by atoms with Crippen molar-refractivity contribution in [3.05, 3.63) is 44.8 Å². The Labute approximate surface area is 132 Å². The second-order valence-electron chi connectivity index (χ2n) is 4.01. The summed E-state index contributed by atoms with van der Waals surface area (Å²) in [5, 5.41) is 8.91. The van der Waals surface area contributed by atoms with E-state index in [2.05, 4.69) is 15.9 Å². The molecule has 5 nitrogen and oxygen atoms in total. The lowest BCUT2D eigenvalue weighted by Gasteiger charge is -2.19. The standard InChI is InChI=1S/C12H9BrFNO4S2/c1-15(8-4-2-3-7(14)5-8)21(18,19)10-6-9(12(16)17)20-11(10)13/h2-6H,1H3,(H,16,17). The minimum atomic E-state index is -3.99. The molecule has 1 aromatic carbocycles. The first-order valence-corrected chi connectivity index (χ1v) is 8.55. The van der Waals surface area contributed by atoms with Crippen molar-refractivity contribution < 1.29 is 22.7 Å². The summed E-state index contributed by atoms with van der Waals surface area (Å²) in [4.78, 5) is 10.6. The topological polar surface area (TPSA) is 74.7 Å². The number of hydrogen-bond acceptors (Lipinski definition) is 4. The van der Waals surface area contributed by atoms with Crippen molar-refractivity contribution in [3.8, 4) is 0 Å². The smallest absolute Gasteiger partial charge is 0.345 e. The van der Waals surface area contributed by atoms with Crippen LogP contribution in [0.1, 0.15) is 9.67 Å². The third-order valence-electron chi connectivity index (χ3n) is 2.68. The molecule has 0 saturated carbocycles. The van der Waals surface area contributed by atoms with Crippen LogP contribution >= 0.6 is 27.3 Å². The third-order valence-corrected chi connectivity index (χ3v) is 6.70. The van der Waals surface area contributed by atoms with Crippen LogP contribution in [0.3, 0.4) is 0 Å². The maximum absolute atomic E-state index is 13.2. The number of sulfonamides is 1. The zero-order chi connectivity index (χ0) is 15.8. The Morgan fingerprint density at radius 3 is 2.57 bits per heavy atom. The number of benzene rings is 1. The van der Waals surface area contributed by atoms with Gasteiger partial charge in [-0.2, -0.15) is 0 Å². The molecule has 2 rings (SSSR count). The van der Waals surface area contributed by atoms with Gasteiger partial charge < -0.3 is 5.11 Å². The minimum absolute atomic E-state index is 0.104. The molecule has 9 heteroatoms. The highest BCUT2D eigenvalue weighted by Crippen LogP contribution is 2.34. The number of hydrogen-bond donors (Lipinski definition) is 1. The van der Waals surface area contributed by atoms with E-state index in [1.807, 2.05) is 0 Å². The first-order chi connectivity index (χ1) is 9.73. The van der Waals surface area contributed by atoms with Gasteiger partial charge in [0.2, 0.25) is 0 Å². The molecule has 1 heterocycles. The normalized spacial score (nSPS) is 11.4. The predicted molar refractivity (Wildman–Crippen MR) is 81.0 cm³/mol. The lowest BCUT2D eigenvalue weighted by atomic mass is 10.3. The van der Waals surface area contributed by atoms with Crippen LogP contribution in [0.4, 0.5) is 10.1 Å². The van der Waals surface area contributed by atoms with Gasteiger partial charge in [0.1, 0.15) is 15.6 Å². The second kappa shape index (κ2) is 5.74. The summed E-state index contributed by atoms with van der Waals surface area (Å²) in [6.45, 7) is 0. The van der Waals surface area contributed by atoms with Crippen LogP contribution in [-0.4, -0.2) is 26.5 Å². The molecule has 0 amide bonds. The Balaban J connectivity index is 2.49. The molecule has 112 valence electrons. The third kappa shape index (κ3) is 3.09. The molecule has 0 spiro atoms. The molecule has 0 aliphatic carbocycles. The number of halogens is 2. The molecule has 0 bridgehead atoms. The van der Waals surface area contributed by atoms with Crippen molar-refractivity contribution in [2.75, 3.05) is 11.4 Å². The zero-order valence-electron chi connectivity index (χ0n) is 10.6. The fraction of sp³-hybridized carbons (Fsp3) is 0.0833. The molecule has 1 aromatic heterocycles. The number of nitrogens with zero attached hydrogens (tertiary/aromatic N) is 1. The molecule has 0 saturated heterocycles. The Morgan fingerprint density at radius 2 is 2.05 bits per heavy atom. The summed E-state index contributed by atoms with van der Waals surface area (Å²) in [5.41, 5.74) is 0.143. The predicted octanol–water partition coefficient (Wildman–Crippen LogP) is 3.17. The highest BCUT2D eigenvalue weighted by molar-refractivity contribution is 9.11. The number of anilines is 1. The maximum Gasteiger partial charge on any atom is 0.345 e. The van der Waals surface area contributed by atoms with E-state index < -0.39 is 21.8 Å². The van der Waals surface area contributed by atoms with E-state index in [1.54, 1.807) is 0 Å². The zero-order valence-corrected chi connectivity index (χ0v) is 13.8. The van der Waals surface area contributed by atoms with E-state index in [0.29, 0.717) is 0 Å². The Morgan fingerprint density at radius 1 is 1.38 bits per heavy atom. The van der Waals surface area contributed by atoms with Crippen molar-refractivity contribution in [2.45, 2.75) is 4.90 Å². The molecular formula is C12H9BrFNO4S2. The monoisotopic (exact) mass is 393 g/mol. The van der Waals surface area contributed by atoms with Crippen LogP contribution < -0.4 is 4.31 Å². The second-order valence-corrected chi connectivity index (χ2v) is 8.31. The average molecular weight is 394 g/mol. The summed E-state index contributed by atoms with van der Waals surface area (Å²) in [7, 11) is -2.71. The maximum atomic E-state index is 13.2. The highest BCUT2D eigenvalue weighted by Gasteiger charge is 2.27. The minimum Gasteiger partial charge on any atom is -0.477 e. The van der Waals surface area contributed by atoms with E-state index in [1.165, 1.54) is 25.2 Å². The lowest BCUT2D eigenvalue weighted by molar-refractivity contribution is 0.0702. The van der Waals surface area contributed by atoms with Crippen LogP contribution in [-0.2, 0) is 10.0 Å². The van der Waals surface area contributed by atoms with Gasteiger partial charge in [0, 0.05) is 7.05 Å². The van der Waals surface area contributed by atoms with Crippen LogP contribution in [0.25, 0.3) is 0 Å². The fourth-order valence-electron chi connectivity index (χ4n) is 1.59. The van der Waals surface area contributed by atoms with E-state index in [4.69, 9.17) is 5.11 Å². The Kier molecular flexibility index (Phi) is 4.35. The van der Waals surface area contributed by atoms with Gasteiger partial charge in [0.05, 0.1) is 9.47 Å². The van der Waals surface area contributed by atoms with Crippen LogP contribution in [0, 0.1) is 5.82 Å². The summed E-state index contributed by atoms with van der Waals surface area (Å²) in [6.07, 6.45) is 0. The van der Waals surface area contributed by atoms with Gasteiger partial charge in [0.25, 0.3) is 10.0 Å². The van der Waals surface area contributed by atoms with Gasteiger partial charge >= 0.3 is 5.97 Å². The number of aromatic carboxylic acids is 1. The Hall–Kier alpha value is -1.45. The van der Waals surface area contributed by atoms with E-state index in [0.717, 1.165) is 27.8 Å². The molecule has 0 atom stereocenters. The quantitative estimate of drug-likeness (QED) is 0.865. The van der Waals surface area contributed by atoms with E-state index >= 15 is 0 Å². The van der Waals surface area contributed by atoms with Gasteiger partial charge in [-0.25, -0.2) is 17.6 Å². The summed E-state index contributed by atoms with van der Waals surface area (Å²) < 4.78 is 39.3. The lowest BCUT2D eigenvalue weighted by Crippen LogP contribution is -2.26. The number of carbonyl (C=O) groups is 1. The molecule has 0 aliphatic heterocycles. The van der Waals surface area contributed by atoms with E-state index in [-0.39, 0.29) is 19.2 Å². The number of thiophene rings is 1. The molecule has 21 heavy (non-hydrogen) atoms. The van der Waals surface area contributed by atoms with E-state index in [9.17, 15) is 17.6 Å². The van der Waals surface area contributed by atoms with Crippen molar-refractivity contribution in [2.24, 2.45) is 0 Å². The molecule has 0 radical (unpaired) electrons. The van der Waals surface area contributed by atoms with Crippen LogP contribution in [0.2, 0.25) is 0 Å². The van der Waals surface area contributed by atoms with Gasteiger partial charge in [0.15, 0.2) is 0 Å². The largest absolute Gasteiger partial charge is 0.477 e. The van der Waals surface area contributed by atoms with Gasteiger partial charge in [-0.1, -0.05) is 6.07 Å². The highest BCUT2D eigenvalue weighted by atomic mass is 79.9. The van der Waals surface area contributed by atoms with Crippen molar-refractivity contribution in [1.29, 1.82) is 0 Å². The molecule has 0 fully saturated rings. The van der Waals surface area contributed by atoms with Gasteiger partial charge in [-0.15, -0.1) is 11.3 Å². The average Bonchev–Trinajstić information content (AvgIpc) is 2.81. The molecule has 2 aromatic rings. The molecule has 1 N–H and O–H groups in total. The number of rotatable bonds is 4. The summed E-state index contributed by atoms with van der Waals surface area (Å²) in [5.74, 6) is -1.78. The number of carboxylic acids is 1. The Bertz CT molecular complexity index is 803. The first kappa shape index (κ1) is 15.9. The van der Waals surface area contributed by atoms with Crippen molar-refractivity contribution >= 4 is 48.9 Å².